The zero-order valence-corrected chi connectivity index (χ0v) is 45.7. The first-order valence-electron chi connectivity index (χ1n) is 22.0. The summed E-state index contributed by atoms with van der Waals surface area (Å²) in [6.07, 6.45) is 1.24. The number of aliphatic carboxylic acids is 1. The Morgan fingerprint density at radius 2 is 0.986 bits per heavy atom. The number of carbonyl (C=O) groups is 1. The topological polar surface area (TPSA) is 82.8 Å². The Balaban J connectivity index is 0.00000533. The number of para-hydroxylation sites is 2. The number of ether oxygens (including phenoxy) is 2. The van der Waals surface area contributed by atoms with Crippen molar-refractivity contribution in [3.63, 3.8) is 0 Å². The Kier molecular flexibility index (Phi) is 12.9. The molecule has 1 aliphatic rings. The van der Waals surface area contributed by atoms with Crippen LogP contribution in [0, 0.1) is 11.3 Å². The fraction of sp³-hybridized carbons (Fsp3) is 0.0714. The van der Waals surface area contributed by atoms with E-state index >= 15 is 0 Å². The Hall–Kier alpha value is -5.91. The minimum atomic E-state index is -1.23. The minimum absolute atomic E-state index is 0. The molecular weight excluding hydrogens is 1170 g/mol. The molecule has 1 aliphatic heterocycles. The molecule has 0 radical (unpaired) electrons. The number of nitrogens with zero attached hydrogens (tertiary/aromatic N) is 2. The third-order valence-corrected chi connectivity index (χ3v) is 20.9. The summed E-state index contributed by atoms with van der Waals surface area (Å²) in [7, 11) is 0. The number of anilines is 3. The van der Waals surface area contributed by atoms with Gasteiger partial charge in [0.25, 0.3) is 0 Å². The summed E-state index contributed by atoms with van der Waals surface area (Å²) >= 11 is 12.2. The predicted molar refractivity (Wildman–Crippen MR) is 295 cm³/mol. The summed E-state index contributed by atoms with van der Waals surface area (Å²) in [5.41, 5.74) is 6.65. The van der Waals surface area contributed by atoms with Crippen molar-refractivity contribution >= 4 is 127 Å². The molecule has 7 aromatic heterocycles. The minimum Gasteiger partial charge on any atom is -0.481 e. The molecule has 0 aliphatic carbocycles. The van der Waals surface area contributed by atoms with E-state index in [1.807, 2.05) is 46.1 Å². The summed E-state index contributed by atoms with van der Waals surface area (Å²) in [5.74, 6) is 0.423. The van der Waals surface area contributed by atoms with Crippen LogP contribution in [0.3, 0.4) is 0 Å². The van der Waals surface area contributed by atoms with Gasteiger partial charge in [-0.25, -0.2) is 4.79 Å². The van der Waals surface area contributed by atoms with Crippen LogP contribution in [-0.4, -0.2) is 23.3 Å². The average molecular weight is 1210 g/mol. The SMILES string of the molecule is CC1Oc2c(-c3ccc(-c4ccc(-c5ccc(/C=C(\C#N)C(=O)O)s5)s4)s3)sc(-c3cc4sc5cc(-c6ccc(-c7ccc(N(c8ccccc8)c8ccccc8)cc7)cc6)sc5c4s3)c2OC1C.[W]. The maximum atomic E-state index is 11.4. The normalized spacial score (nSPS) is 14.4. The number of fused-ring (bicyclic) bond motifs is 4. The van der Waals surface area contributed by atoms with Crippen LogP contribution in [0.25, 0.3) is 85.5 Å². The van der Waals surface area contributed by atoms with Gasteiger partial charge in [-0.2, -0.15) is 5.26 Å². The van der Waals surface area contributed by atoms with Crippen LogP contribution >= 0.6 is 79.4 Å². The third-order valence-electron chi connectivity index (χ3n) is 12.0. The number of hydrogen-bond acceptors (Lipinski definition) is 12. The molecule has 0 amide bonds. The number of carboxylic acid groups (broad SMARTS) is 1. The van der Waals surface area contributed by atoms with Crippen molar-refractivity contribution < 1.29 is 40.4 Å². The van der Waals surface area contributed by atoms with Crippen LogP contribution < -0.4 is 14.4 Å². The van der Waals surface area contributed by atoms with Gasteiger partial charge in [0, 0.05) is 81.7 Å². The third kappa shape index (κ3) is 8.71. The molecule has 70 heavy (non-hydrogen) atoms. The number of rotatable bonds is 11. The first kappa shape index (κ1) is 46.5. The Morgan fingerprint density at radius 3 is 1.56 bits per heavy atom. The fourth-order valence-electron chi connectivity index (χ4n) is 8.37. The molecule has 0 spiro atoms. The van der Waals surface area contributed by atoms with Crippen molar-refractivity contribution in [3.05, 3.63) is 168 Å². The van der Waals surface area contributed by atoms with E-state index in [9.17, 15) is 15.2 Å². The second kappa shape index (κ2) is 19.4. The molecule has 1 N–H and O–H groups in total. The van der Waals surface area contributed by atoms with Crippen LogP contribution in [0.5, 0.6) is 11.5 Å². The molecule has 0 bridgehead atoms. The van der Waals surface area contributed by atoms with Gasteiger partial charge < -0.3 is 19.5 Å². The molecule has 2 atom stereocenters. The van der Waals surface area contributed by atoms with Gasteiger partial charge in [0.2, 0.25) is 0 Å². The molecular formula is C56H36N2O4S7W. The molecule has 4 aromatic carbocycles. The maximum absolute atomic E-state index is 11.4. The summed E-state index contributed by atoms with van der Waals surface area (Å²) in [5, 5.41) is 18.5. The maximum Gasteiger partial charge on any atom is 0.346 e. The molecule has 0 fully saturated rings. The first-order chi connectivity index (χ1) is 33.7. The van der Waals surface area contributed by atoms with E-state index in [0.717, 1.165) is 67.6 Å². The largest absolute Gasteiger partial charge is 0.481 e. The van der Waals surface area contributed by atoms with Crippen LogP contribution in [-0.2, 0) is 25.9 Å². The van der Waals surface area contributed by atoms with Gasteiger partial charge in [-0.15, -0.1) is 79.4 Å². The fourth-order valence-corrected chi connectivity index (χ4v) is 16.9. The molecule has 12 rings (SSSR count). The van der Waals surface area contributed by atoms with Gasteiger partial charge in [-0.1, -0.05) is 72.8 Å². The number of benzene rings is 4. The number of carboxylic acids is 1. The summed E-state index contributed by atoms with van der Waals surface area (Å²) in [6, 6.07) is 57.7. The van der Waals surface area contributed by atoms with Crippen molar-refractivity contribution in [2.24, 2.45) is 0 Å². The molecule has 14 heteroatoms. The summed E-state index contributed by atoms with van der Waals surface area (Å²) in [6.45, 7) is 4.15. The molecule has 8 heterocycles. The van der Waals surface area contributed by atoms with Crippen molar-refractivity contribution in [2.75, 3.05) is 4.90 Å². The van der Waals surface area contributed by atoms with Gasteiger partial charge in [0.15, 0.2) is 11.5 Å². The molecule has 0 saturated heterocycles. The molecule has 6 nitrogen and oxygen atoms in total. The summed E-state index contributed by atoms with van der Waals surface area (Å²) in [4.78, 5) is 24.6. The number of hydrogen-bond donors (Lipinski definition) is 1. The van der Waals surface area contributed by atoms with E-state index in [4.69, 9.17) is 9.47 Å². The second-order valence-corrected chi connectivity index (χ2v) is 23.9. The van der Waals surface area contributed by atoms with Gasteiger partial charge in [-0.3, -0.25) is 0 Å². The average Bonchev–Trinajstić information content (AvgIpc) is 4.25. The van der Waals surface area contributed by atoms with Crippen LogP contribution in [0.4, 0.5) is 17.1 Å². The number of nitriles is 1. The first-order valence-corrected chi connectivity index (χ1v) is 27.7. The number of thiophene rings is 7. The van der Waals surface area contributed by atoms with Gasteiger partial charge >= 0.3 is 5.97 Å². The van der Waals surface area contributed by atoms with E-state index in [0.29, 0.717) is 0 Å². The molecule has 11 aromatic rings. The van der Waals surface area contributed by atoms with Gasteiger partial charge in [-0.05, 0) is 122 Å². The molecule has 342 valence electrons. The molecule has 0 saturated carbocycles. The van der Waals surface area contributed by atoms with E-state index in [2.05, 4.69) is 164 Å². The smallest absolute Gasteiger partial charge is 0.346 e. The quantitative estimate of drug-likeness (QED) is 0.103. The van der Waals surface area contributed by atoms with Crippen molar-refractivity contribution in [3.8, 4) is 78.2 Å². The second-order valence-electron chi connectivity index (χ2n) is 16.4. The van der Waals surface area contributed by atoms with Crippen molar-refractivity contribution in [2.45, 2.75) is 26.1 Å². The van der Waals surface area contributed by atoms with Crippen molar-refractivity contribution in [1.29, 1.82) is 5.26 Å². The van der Waals surface area contributed by atoms with E-state index in [1.54, 1.807) is 40.1 Å². The molecule has 2 unspecified atom stereocenters. The predicted octanol–water partition coefficient (Wildman–Crippen LogP) is 18.4. The zero-order chi connectivity index (χ0) is 46.8. The zero-order valence-electron chi connectivity index (χ0n) is 37.1. The summed E-state index contributed by atoms with van der Waals surface area (Å²) < 4.78 is 18.6. The monoisotopic (exact) mass is 1210 g/mol. The van der Waals surface area contributed by atoms with E-state index < -0.39 is 5.97 Å². The van der Waals surface area contributed by atoms with E-state index in [-0.39, 0.29) is 38.8 Å². The van der Waals surface area contributed by atoms with E-state index in [1.165, 1.54) is 62.7 Å². The van der Waals surface area contributed by atoms with Crippen LogP contribution in [0.1, 0.15) is 18.7 Å². The van der Waals surface area contributed by atoms with Gasteiger partial charge in [0.05, 0.1) is 24.0 Å². The van der Waals surface area contributed by atoms with Crippen LogP contribution in [0.2, 0.25) is 0 Å². The standard InChI is InChI=1S/C56H36N2O4S7.W/c1-31-32(2)62-51-50(61-31)52(45-26-25-44(65-45)43-24-23-42(64-43)41-22-21-40(63-41)27-36(30-57)56(59)60)69-53(51)47-29-49-55(68-47)54-48(66-49)28-46(67-54)35-15-13-33(14-16-35)34-17-19-39(20-18-34)58(37-9-5-3-6-10-37)38-11-7-4-8-12-38;/h3-29,31-32H,1-2H3,(H,59,60);/b36-27+;. The Morgan fingerprint density at radius 1 is 0.529 bits per heavy atom. The Bertz CT molecular complexity index is 3730. The Labute approximate surface area is 446 Å². The van der Waals surface area contributed by atoms with Gasteiger partial charge in [0.1, 0.15) is 23.9 Å². The van der Waals surface area contributed by atoms with Crippen molar-refractivity contribution in [1.82, 2.24) is 0 Å². The van der Waals surface area contributed by atoms with Crippen LogP contribution in [0.15, 0.2) is 163 Å².